The summed E-state index contributed by atoms with van der Waals surface area (Å²) in [6, 6.07) is 6.67. The Balaban J connectivity index is 2.01. The number of ether oxygens (including phenoxy) is 2. The maximum atomic E-state index is 13.7. The summed E-state index contributed by atoms with van der Waals surface area (Å²) in [5.74, 6) is -1.39. The van der Waals surface area contributed by atoms with Crippen LogP contribution in [0.2, 0.25) is 0 Å². The number of benzene rings is 2. The second-order valence-corrected chi connectivity index (χ2v) is 5.01. The van der Waals surface area contributed by atoms with E-state index in [2.05, 4.69) is 10.3 Å². The minimum atomic E-state index is -0.845. The zero-order valence-electron chi connectivity index (χ0n) is 12.9. The second kappa shape index (κ2) is 6.19. The van der Waals surface area contributed by atoms with Crippen LogP contribution in [0.3, 0.4) is 0 Å². The summed E-state index contributed by atoms with van der Waals surface area (Å²) in [5, 5.41) is 2.80. The molecule has 0 aliphatic rings. The lowest BCUT2D eigenvalue weighted by Crippen LogP contribution is -2.14. The molecule has 24 heavy (non-hydrogen) atoms. The van der Waals surface area contributed by atoms with Crippen molar-refractivity contribution < 1.29 is 23.0 Å². The lowest BCUT2D eigenvalue weighted by molar-refractivity contribution is 0.102. The van der Waals surface area contributed by atoms with Gasteiger partial charge < -0.3 is 19.8 Å². The van der Waals surface area contributed by atoms with Gasteiger partial charge in [-0.15, -0.1) is 0 Å². The standard InChI is InChI=1S/C17H14F2N2O3/c1-23-14-6-9-10(8-20-13(9)7-15(14)24-2)17(22)21-16-11(18)4-3-5-12(16)19/h3-8,20H,1-2H3,(H,21,22). The third-order valence-electron chi connectivity index (χ3n) is 3.63. The molecule has 3 rings (SSSR count). The summed E-state index contributed by atoms with van der Waals surface area (Å²) >= 11 is 0. The molecule has 2 aromatic carbocycles. The highest BCUT2D eigenvalue weighted by molar-refractivity contribution is 6.13. The number of hydrogen-bond acceptors (Lipinski definition) is 3. The number of nitrogens with one attached hydrogen (secondary N) is 2. The fourth-order valence-corrected chi connectivity index (χ4v) is 2.43. The van der Waals surface area contributed by atoms with E-state index in [1.165, 1.54) is 26.5 Å². The molecule has 0 bridgehead atoms. The first-order chi connectivity index (χ1) is 11.5. The molecule has 1 amide bonds. The van der Waals surface area contributed by atoms with Crippen LogP contribution in [0.25, 0.3) is 10.9 Å². The summed E-state index contributed by atoms with van der Waals surface area (Å²) in [5.41, 5.74) is 0.373. The zero-order valence-corrected chi connectivity index (χ0v) is 12.9. The monoisotopic (exact) mass is 332 g/mol. The Bertz CT molecular complexity index is 901. The molecule has 0 spiro atoms. The largest absolute Gasteiger partial charge is 0.493 e. The summed E-state index contributed by atoms with van der Waals surface area (Å²) in [6.07, 6.45) is 1.46. The van der Waals surface area contributed by atoms with Gasteiger partial charge in [0.25, 0.3) is 5.91 Å². The van der Waals surface area contributed by atoms with Crippen LogP contribution in [0.4, 0.5) is 14.5 Å². The minimum absolute atomic E-state index is 0.230. The molecule has 0 unspecified atom stereocenters. The Morgan fingerprint density at radius 1 is 1.08 bits per heavy atom. The molecule has 5 nitrogen and oxygen atoms in total. The number of anilines is 1. The summed E-state index contributed by atoms with van der Waals surface area (Å²) in [4.78, 5) is 15.3. The molecule has 0 saturated heterocycles. The third kappa shape index (κ3) is 2.64. The minimum Gasteiger partial charge on any atom is -0.493 e. The highest BCUT2D eigenvalue weighted by atomic mass is 19.1. The molecule has 7 heteroatoms. The van der Waals surface area contributed by atoms with Gasteiger partial charge in [0.1, 0.15) is 17.3 Å². The average molecular weight is 332 g/mol. The number of H-pyrrole nitrogens is 1. The Hall–Kier alpha value is -3.09. The summed E-state index contributed by atoms with van der Waals surface area (Å²) < 4.78 is 37.8. The highest BCUT2D eigenvalue weighted by Crippen LogP contribution is 2.33. The van der Waals surface area contributed by atoms with Crippen molar-refractivity contribution in [2.24, 2.45) is 0 Å². The van der Waals surface area contributed by atoms with Crippen molar-refractivity contribution in [1.82, 2.24) is 4.98 Å². The van der Waals surface area contributed by atoms with Crippen LogP contribution in [0.5, 0.6) is 11.5 Å². The van der Waals surface area contributed by atoms with E-state index in [0.29, 0.717) is 22.4 Å². The predicted octanol–water partition coefficient (Wildman–Crippen LogP) is 3.72. The molecule has 2 N–H and O–H groups in total. The number of methoxy groups -OCH3 is 2. The number of carbonyl (C=O) groups excluding carboxylic acids is 1. The predicted molar refractivity (Wildman–Crippen MR) is 85.7 cm³/mol. The molecule has 1 aromatic heterocycles. The van der Waals surface area contributed by atoms with Crippen molar-refractivity contribution in [2.45, 2.75) is 0 Å². The number of hydrogen-bond donors (Lipinski definition) is 2. The van der Waals surface area contributed by atoms with E-state index >= 15 is 0 Å². The summed E-state index contributed by atoms with van der Waals surface area (Å²) in [6.45, 7) is 0. The van der Waals surface area contributed by atoms with Gasteiger partial charge >= 0.3 is 0 Å². The third-order valence-corrected chi connectivity index (χ3v) is 3.63. The quantitative estimate of drug-likeness (QED) is 0.765. The first kappa shape index (κ1) is 15.8. The van der Waals surface area contributed by atoms with Crippen molar-refractivity contribution in [3.8, 4) is 11.5 Å². The van der Waals surface area contributed by atoms with Crippen molar-refractivity contribution >= 4 is 22.5 Å². The van der Waals surface area contributed by atoms with E-state index in [-0.39, 0.29) is 5.56 Å². The van der Waals surface area contributed by atoms with Gasteiger partial charge in [0.05, 0.1) is 25.3 Å². The number of aromatic nitrogens is 1. The normalized spacial score (nSPS) is 10.7. The number of fused-ring (bicyclic) bond motifs is 1. The molecule has 124 valence electrons. The van der Waals surface area contributed by atoms with E-state index in [1.54, 1.807) is 12.1 Å². The van der Waals surface area contributed by atoms with Gasteiger partial charge in [-0.3, -0.25) is 4.79 Å². The van der Waals surface area contributed by atoms with Gasteiger partial charge in [-0.05, 0) is 18.2 Å². The van der Waals surface area contributed by atoms with Crippen LogP contribution < -0.4 is 14.8 Å². The van der Waals surface area contributed by atoms with E-state index < -0.39 is 23.2 Å². The van der Waals surface area contributed by atoms with Crippen molar-refractivity contribution in [3.63, 3.8) is 0 Å². The number of carbonyl (C=O) groups is 1. The number of aromatic amines is 1. The molecule has 0 saturated carbocycles. The van der Waals surface area contributed by atoms with Crippen LogP contribution in [0.1, 0.15) is 10.4 Å². The van der Waals surface area contributed by atoms with Crippen molar-refractivity contribution in [1.29, 1.82) is 0 Å². The molecule has 0 aliphatic carbocycles. The van der Waals surface area contributed by atoms with Crippen LogP contribution >= 0.6 is 0 Å². The summed E-state index contributed by atoms with van der Waals surface area (Å²) in [7, 11) is 2.98. The smallest absolute Gasteiger partial charge is 0.257 e. The number of halogens is 2. The van der Waals surface area contributed by atoms with Crippen LogP contribution in [0.15, 0.2) is 36.5 Å². The Morgan fingerprint density at radius 3 is 2.33 bits per heavy atom. The topological polar surface area (TPSA) is 63.4 Å². The first-order valence-electron chi connectivity index (χ1n) is 7.03. The Kier molecular flexibility index (Phi) is 4.07. The SMILES string of the molecule is COc1cc2[nH]cc(C(=O)Nc3c(F)cccc3F)c2cc1OC. The van der Waals surface area contributed by atoms with Crippen molar-refractivity contribution in [2.75, 3.05) is 19.5 Å². The fourth-order valence-electron chi connectivity index (χ4n) is 2.43. The van der Waals surface area contributed by atoms with E-state index in [0.717, 1.165) is 12.1 Å². The van der Waals surface area contributed by atoms with Gasteiger partial charge in [0.15, 0.2) is 11.5 Å². The molecular formula is C17H14F2N2O3. The first-order valence-corrected chi connectivity index (χ1v) is 7.03. The lowest BCUT2D eigenvalue weighted by Gasteiger charge is -2.09. The molecule has 1 heterocycles. The van der Waals surface area contributed by atoms with Crippen LogP contribution in [-0.4, -0.2) is 25.1 Å². The zero-order chi connectivity index (χ0) is 17.3. The van der Waals surface area contributed by atoms with Crippen LogP contribution in [0, 0.1) is 11.6 Å². The molecule has 0 aliphatic heterocycles. The molecular weight excluding hydrogens is 318 g/mol. The van der Waals surface area contributed by atoms with Gasteiger partial charge in [0, 0.05) is 17.6 Å². The second-order valence-electron chi connectivity index (χ2n) is 5.01. The highest BCUT2D eigenvalue weighted by Gasteiger charge is 2.18. The molecule has 0 fully saturated rings. The number of rotatable bonds is 4. The van der Waals surface area contributed by atoms with E-state index in [9.17, 15) is 13.6 Å². The maximum absolute atomic E-state index is 13.7. The van der Waals surface area contributed by atoms with E-state index in [1.807, 2.05) is 0 Å². The van der Waals surface area contributed by atoms with Gasteiger partial charge in [-0.2, -0.15) is 0 Å². The van der Waals surface area contributed by atoms with Crippen LogP contribution in [-0.2, 0) is 0 Å². The molecule has 3 aromatic rings. The maximum Gasteiger partial charge on any atom is 0.257 e. The fraction of sp³-hybridized carbons (Fsp3) is 0.118. The Morgan fingerprint density at radius 2 is 1.71 bits per heavy atom. The Labute approximate surface area is 136 Å². The lowest BCUT2D eigenvalue weighted by atomic mass is 10.1. The molecule has 0 radical (unpaired) electrons. The number of amides is 1. The number of para-hydroxylation sites is 1. The van der Waals surface area contributed by atoms with E-state index in [4.69, 9.17) is 9.47 Å². The van der Waals surface area contributed by atoms with Gasteiger partial charge in [0.2, 0.25) is 0 Å². The van der Waals surface area contributed by atoms with Gasteiger partial charge in [-0.1, -0.05) is 6.07 Å². The van der Waals surface area contributed by atoms with Crippen molar-refractivity contribution in [3.05, 3.63) is 53.7 Å². The average Bonchev–Trinajstić information content (AvgIpc) is 2.99. The van der Waals surface area contributed by atoms with Gasteiger partial charge in [-0.25, -0.2) is 8.78 Å². The molecule has 0 atom stereocenters.